The van der Waals surface area contributed by atoms with E-state index < -0.39 is 21.7 Å². The van der Waals surface area contributed by atoms with Crippen LogP contribution in [0.5, 0.6) is 0 Å². The summed E-state index contributed by atoms with van der Waals surface area (Å²) in [7, 11) is -2.44. The Morgan fingerprint density at radius 2 is 1.86 bits per heavy atom. The van der Waals surface area contributed by atoms with E-state index >= 15 is 0 Å². The Balaban J connectivity index is 1.67. The van der Waals surface area contributed by atoms with Crippen molar-refractivity contribution in [3.8, 4) is 0 Å². The van der Waals surface area contributed by atoms with Gasteiger partial charge in [-0.3, -0.25) is 4.79 Å². The summed E-state index contributed by atoms with van der Waals surface area (Å²) in [6, 6.07) is 3.35. The standard InChI is InChI=1S/C20H30FN3O3S/c1-22-28(26,27)17-8-9-19(21)18(14-17)20(25)24-11-5-10-23(12-13-24)15-16-6-3-2-4-7-16/h8-9,14,16,22H,2-7,10-13,15H2,1H3. The molecule has 1 saturated heterocycles. The highest BCUT2D eigenvalue weighted by atomic mass is 32.2. The molecule has 1 aromatic rings. The molecule has 0 atom stereocenters. The molecule has 0 bridgehead atoms. The first-order valence-electron chi connectivity index (χ1n) is 10.2. The minimum absolute atomic E-state index is 0.103. The first kappa shape index (κ1) is 21.2. The Morgan fingerprint density at radius 1 is 1.11 bits per heavy atom. The largest absolute Gasteiger partial charge is 0.337 e. The number of halogens is 1. The molecule has 1 amide bonds. The molecular weight excluding hydrogens is 381 g/mol. The third-order valence-corrected chi connectivity index (χ3v) is 7.28. The van der Waals surface area contributed by atoms with Crippen LogP contribution < -0.4 is 4.72 Å². The van der Waals surface area contributed by atoms with Gasteiger partial charge < -0.3 is 9.80 Å². The number of rotatable bonds is 5. The minimum Gasteiger partial charge on any atom is -0.337 e. The average molecular weight is 412 g/mol. The smallest absolute Gasteiger partial charge is 0.256 e. The lowest BCUT2D eigenvalue weighted by molar-refractivity contribution is 0.0755. The molecule has 2 aliphatic rings. The van der Waals surface area contributed by atoms with Gasteiger partial charge in [0.15, 0.2) is 0 Å². The van der Waals surface area contributed by atoms with Crippen molar-refractivity contribution in [2.45, 2.75) is 43.4 Å². The third-order valence-electron chi connectivity index (χ3n) is 5.86. The molecule has 1 N–H and O–H groups in total. The monoisotopic (exact) mass is 411 g/mol. The number of hydrogen-bond donors (Lipinski definition) is 1. The minimum atomic E-state index is -3.73. The second-order valence-corrected chi connectivity index (χ2v) is 9.69. The molecule has 8 heteroatoms. The second kappa shape index (κ2) is 9.33. The van der Waals surface area contributed by atoms with E-state index in [1.165, 1.54) is 45.2 Å². The summed E-state index contributed by atoms with van der Waals surface area (Å²) in [5.74, 6) is -0.384. The topological polar surface area (TPSA) is 69.7 Å². The Hall–Kier alpha value is -1.51. The molecular formula is C20H30FN3O3S. The summed E-state index contributed by atoms with van der Waals surface area (Å²) in [5.41, 5.74) is -0.183. The molecule has 1 aliphatic heterocycles. The number of benzene rings is 1. The van der Waals surface area contributed by atoms with Crippen LogP contribution in [0.4, 0.5) is 4.39 Å². The summed E-state index contributed by atoms with van der Waals surface area (Å²) >= 11 is 0. The Morgan fingerprint density at radius 3 is 2.57 bits per heavy atom. The molecule has 0 radical (unpaired) electrons. The van der Waals surface area contributed by atoms with Crippen LogP contribution in [0.15, 0.2) is 23.1 Å². The maximum absolute atomic E-state index is 14.3. The van der Waals surface area contributed by atoms with Crippen LogP contribution in [0.25, 0.3) is 0 Å². The van der Waals surface area contributed by atoms with Gasteiger partial charge in [0.2, 0.25) is 10.0 Å². The number of carbonyl (C=O) groups is 1. The zero-order valence-corrected chi connectivity index (χ0v) is 17.3. The van der Waals surface area contributed by atoms with Crippen molar-refractivity contribution < 1.29 is 17.6 Å². The lowest BCUT2D eigenvalue weighted by atomic mass is 9.89. The SMILES string of the molecule is CNS(=O)(=O)c1ccc(F)c(C(=O)N2CCCN(CC3CCCCC3)CC2)c1. The van der Waals surface area contributed by atoms with E-state index in [1.54, 1.807) is 4.90 Å². The number of carbonyl (C=O) groups excluding carboxylic acids is 1. The zero-order chi connectivity index (χ0) is 20.1. The fourth-order valence-electron chi connectivity index (χ4n) is 4.22. The van der Waals surface area contributed by atoms with Crippen molar-refractivity contribution in [3.63, 3.8) is 0 Å². The molecule has 1 heterocycles. The quantitative estimate of drug-likeness (QED) is 0.808. The van der Waals surface area contributed by atoms with Crippen LogP contribution >= 0.6 is 0 Å². The number of hydrogen-bond acceptors (Lipinski definition) is 4. The van der Waals surface area contributed by atoms with Crippen LogP contribution in [0.3, 0.4) is 0 Å². The van der Waals surface area contributed by atoms with Gasteiger partial charge in [-0.2, -0.15) is 0 Å². The van der Waals surface area contributed by atoms with Crippen LogP contribution in [0, 0.1) is 11.7 Å². The normalized spacial score (nSPS) is 20.1. The summed E-state index contributed by atoms with van der Waals surface area (Å²) in [6.07, 6.45) is 7.39. The zero-order valence-electron chi connectivity index (χ0n) is 16.5. The maximum Gasteiger partial charge on any atom is 0.256 e. The van der Waals surface area contributed by atoms with E-state index in [2.05, 4.69) is 9.62 Å². The van der Waals surface area contributed by atoms with E-state index in [4.69, 9.17) is 0 Å². The molecule has 1 saturated carbocycles. The van der Waals surface area contributed by atoms with E-state index in [1.807, 2.05) is 0 Å². The van der Waals surface area contributed by atoms with Gasteiger partial charge in [0.1, 0.15) is 5.82 Å². The van der Waals surface area contributed by atoms with Crippen molar-refractivity contribution in [2.75, 3.05) is 39.8 Å². The molecule has 156 valence electrons. The van der Waals surface area contributed by atoms with Crippen LogP contribution in [0.1, 0.15) is 48.9 Å². The molecule has 3 rings (SSSR count). The lowest BCUT2D eigenvalue weighted by Crippen LogP contribution is -2.37. The van der Waals surface area contributed by atoms with Crippen molar-refractivity contribution in [3.05, 3.63) is 29.6 Å². The Kier molecular flexibility index (Phi) is 7.06. The van der Waals surface area contributed by atoms with Crippen molar-refractivity contribution in [1.29, 1.82) is 0 Å². The van der Waals surface area contributed by atoms with Gasteiger partial charge in [-0.25, -0.2) is 17.5 Å². The molecule has 2 fully saturated rings. The van der Waals surface area contributed by atoms with Crippen molar-refractivity contribution in [2.24, 2.45) is 5.92 Å². The predicted octanol–water partition coefficient (Wildman–Crippen LogP) is 2.46. The van der Waals surface area contributed by atoms with Gasteiger partial charge in [-0.05, 0) is 57.0 Å². The maximum atomic E-state index is 14.3. The fourth-order valence-corrected chi connectivity index (χ4v) is 4.97. The average Bonchev–Trinajstić information content (AvgIpc) is 2.94. The van der Waals surface area contributed by atoms with Crippen LogP contribution in [-0.2, 0) is 10.0 Å². The summed E-state index contributed by atoms with van der Waals surface area (Å²) in [4.78, 5) is 16.9. The predicted molar refractivity (Wildman–Crippen MR) is 106 cm³/mol. The summed E-state index contributed by atoms with van der Waals surface area (Å²) in [6.45, 7) is 3.89. The van der Waals surface area contributed by atoms with E-state index in [0.29, 0.717) is 13.1 Å². The molecule has 6 nitrogen and oxygen atoms in total. The van der Waals surface area contributed by atoms with E-state index in [0.717, 1.165) is 44.1 Å². The van der Waals surface area contributed by atoms with E-state index in [9.17, 15) is 17.6 Å². The van der Waals surface area contributed by atoms with Gasteiger partial charge in [0.25, 0.3) is 5.91 Å². The molecule has 0 aromatic heterocycles. The lowest BCUT2D eigenvalue weighted by Gasteiger charge is -2.28. The van der Waals surface area contributed by atoms with Crippen LogP contribution in [0.2, 0.25) is 0 Å². The fraction of sp³-hybridized carbons (Fsp3) is 0.650. The Labute approximate surface area is 167 Å². The highest BCUT2D eigenvalue weighted by Crippen LogP contribution is 2.25. The van der Waals surface area contributed by atoms with E-state index in [-0.39, 0.29) is 10.5 Å². The number of nitrogens with one attached hydrogen (secondary N) is 1. The van der Waals surface area contributed by atoms with Gasteiger partial charge >= 0.3 is 0 Å². The first-order chi connectivity index (χ1) is 13.4. The van der Waals surface area contributed by atoms with Gasteiger partial charge in [0.05, 0.1) is 10.5 Å². The van der Waals surface area contributed by atoms with Crippen molar-refractivity contribution in [1.82, 2.24) is 14.5 Å². The van der Waals surface area contributed by atoms with Gasteiger partial charge in [-0.15, -0.1) is 0 Å². The molecule has 0 unspecified atom stereocenters. The third kappa shape index (κ3) is 5.10. The first-order valence-corrected chi connectivity index (χ1v) is 11.6. The van der Waals surface area contributed by atoms with Gasteiger partial charge in [-0.1, -0.05) is 19.3 Å². The van der Waals surface area contributed by atoms with Crippen molar-refractivity contribution >= 4 is 15.9 Å². The molecule has 0 spiro atoms. The summed E-state index contributed by atoms with van der Waals surface area (Å²) in [5, 5.41) is 0. The molecule has 28 heavy (non-hydrogen) atoms. The van der Waals surface area contributed by atoms with Gasteiger partial charge in [0, 0.05) is 26.2 Å². The van der Waals surface area contributed by atoms with Crippen LogP contribution in [-0.4, -0.2) is 63.9 Å². The highest BCUT2D eigenvalue weighted by Gasteiger charge is 2.25. The number of amides is 1. The molecule has 1 aromatic carbocycles. The highest BCUT2D eigenvalue weighted by molar-refractivity contribution is 7.89. The number of nitrogens with zero attached hydrogens (tertiary/aromatic N) is 2. The molecule has 1 aliphatic carbocycles. The second-order valence-electron chi connectivity index (χ2n) is 7.80. The number of sulfonamides is 1. The summed E-state index contributed by atoms with van der Waals surface area (Å²) < 4.78 is 40.4. The Bertz CT molecular complexity index is 794.